The number of rotatable bonds is 5. The van der Waals surface area contributed by atoms with E-state index in [2.05, 4.69) is 28.8 Å². The van der Waals surface area contributed by atoms with E-state index in [0.29, 0.717) is 11.5 Å². The predicted molar refractivity (Wildman–Crippen MR) is 104 cm³/mol. The molecule has 3 rings (SSSR count). The normalized spacial score (nSPS) is 22.5. The number of hydrogen-bond acceptors (Lipinski definition) is 6. The highest BCUT2D eigenvalue weighted by molar-refractivity contribution is 5.76. The van der Waals surface area contributed by atoms with E-state index in [1.807, 2.05) is 6.07 Å². The number of piperidine rings is 1. The van der Waals surface area contributed by atoms with Gasteiger partial charge < -0.3 is 19.5 Å². The van der Waals surface area contributed by atoms with Crippen LogP contribution in [0.15, 0.2) is 18.2 Å². The zero-order valence-corrected chi connectivity index (χ0v) is 16.8. The number of nitrogens with zero attached hydrogens (tertiary/aromatic N) is 3. The van der Waals surface area contributed by atoms with Crippen LogP contribution in [0.25, 0.3) is 0 Å². The number of ether oxygens (including phenoxy) is 2. The van der Waals surface area contributed by atoms with E-state index in [9.17, 15) is 9.90 Å². The van der Waals surface area contributed by atoms with Gasteiger partial charge in [-0.1, -0.05) is 6.07 Å². The fourth-order valence-corrected chi connectivity index (χ4v) is 4.42. The highest BCUT2D eigenvalue weighted by Crippen LogP contribution is 2.37. The molecule has 7 heteroatoms. The van der Waals surface area contributed by atoms with Gasteiger partial charge in [-0.3, -0.25) is 14.6 Å². The number of likely N-dealkylation sites (tertiary alicyclic amines) is 1. The Bertz CT molecular complexity index is 673. The molecule has 1 aromatic carbocycles. The van der Waals surface area contributed by atoms with Gasteiger partial charge in [0.2, 0.25) is 0 Å². The van der Waals surface area contributed by atoms with Crippen LogP contribution in [-0.4, -0.2) is 92.4 Å². The molecule has 2 fully saturated rings. The fraction of sp³-hybridized carbons (Fsp3) is 0.650. The van der Waals surface area contributed by atoms with Gasteiger partial charge in [-0.15, -0.1) is 0 Å². The van der Waals surface area contributed by atoms with Crippen molar-refractivity contribution in [1.29, 1.82) is 0 Å². The molecule has 2 aliphatic heterocycles. The molecule has 1 N–H and O–H groups in total. The third-order valence-corrected chi connectivity index (χ3v) is 6.27. The van der Waals surface area contributed by atoms with Gasteiger partial charge in [0.25, 0.3) is 0 Å². The monoisotopic (exact) mass is 377 g/mol. The lowest BCUT2D eigenvalue weighted by molar-refractivity contribution is -0.146. The SMILES string of the molecule is COc1ccc(C(C(=O)O)N2CCN(C)C3(CCN(C)CC3)C2)cc1OC. The molecule has 0 aliphatic carbocycles. The molecule has 0 bridgehead atoms. The summed E-state index contributed by atoms with van der Waals surface area (Å²) in [5, 5.41) is 10.0. The maximum absolute atomic E-state index is 12.2. The summed E-state index contributed by atoms with van der Waals surface area (Å²) in [6.45, 7) is 4.47. The Morgan fingerprint density at radius 3 is 2.33 bits per heavy atom. The van der Waals surface area contributed by atoms with Crippen LogP contribution in [0.3, 0.4) is 0 Å². The number of likely N-dealkylation sites (N-methyl/N-ethyl adjacent to an activating group) is 1. The summed E-state index contributed by atoms with van der Waals surface area (Å²) in [7, 11) is 7.48. The van der Waals surface area contributed by atoms with E-state index >= 15 is 0 Å². The Morgan fingerprint density at radius 2 is 1.74 bits per heavy atom. The topological polar surface area (TPSA) is 65.5 Å². The number of hydrogen-bond donors (Lipinski definition) is 1. The van der Waals surface area contributed by atoms with Gasteiger partial charge in [0.15, 0.2) is 11.5 Å². The number of carboxylic acids is 1. The Kier molecular flexibility index (Phi) is 5.93. The molecular weight excluding hydrogens is 346 g/mol. The minimum atomic E-state index is -0.824. The summed E-state index contributed by atoms with van der Waals surface area (Å²) >= 11 is 0. The second kappa shape index (κ2) is 8.04. The Balaban J connectivity index is 1.88. The van der Waals surface area contributed by atoms with E-state index in [4.69, 9.17) is 9.47 Å². The smallest absolute Gasteiger partial charge is 0.325 e. The number of carboxylic acid groups (broad SMARTS) is 1. The van der Waals surface area contributed by atoms with Crippen molar-refractivity contribution in [2.45, 2.75) is 24.4 Å². The first-order valence-electron chi connectivity index (χ1n) is 9.49. The van der Waals surface area contributed by atoms with Crippen molar-refractivity contribution in [3.63, 3.8) is 0 Å². The van der Waals surface area contributed by atoms with Gasteiger partial charge >= 0.3 is 5.97 Å². The molecule has 7 nitrogen and oxygen atoms in total. The molecule has 0 aromatic heterocycles. The average Bonchev–Trinajstić information content (AvgIpc) is 2.66. The van der Waals surface area contributed by atoms with Crippen molar-refractivity contribution < 1.29 is 19.4 Å². The Hall–Kier alpha value is -1.83. The molecule has 1 atom stereocenters. The van der Waals surface area contributed by atoms with Crippen LogP contribution in [0.4, 0.5) is 0 Å². The molecule has 2 aliphatic rings. The second-order valence-corrected chi connectivity index (χ2v) is 7.77. The molecule has 2 heterocycles. The van der Waals surface area contributed by atoms with E-state index in [0.717, 1.165) is 51.1 Å². The first-order chi connectivity index (χ1) is 12.9. The van der Waals surface area contributed by atoms with E-state index in [1.54, 1.807) is 26.4 Å². The van der Waals surface area contributed by atoms with Crippen LogP contribution in [-0.2, 0) is 4.79 Å². The van der Waals surface area contributed by atoms with Crippen molar-refractivity contribution in [1.82, 2.24) is 14.7 Å². The third-order valence-electron chi connectivity index (χ3n) is 6.27. The predicted octanol–water partition coefficient (Wildman–Crippen LogP) is 1.54. The maximum Gasteiger partial charge on any atom is 0.325 e. The van der Waals surface area contributed by atoms with Crippen LogP contribution in [0.2, 0.25) is 0 Å². The van der Waals surface area contributed by atoms with Crippen LogP contribution in [0, 0.1) is 0 Å². The molecular formula is C20H31N3O4. The minimum absolute atomic E-state index is 0.0506. The average molecular weight is 377 g/mol. The summed E-state index contributed by atoms with van der Waals surface area (Å²) in [6.07, 6.45) is 2.13. The molecule has 1 aromatic rings. The lowest BCUT2D eigenvalue weighted by atomic mass is 9.83. The number of benzene rings is 1. The van der Waals surface area contributed by atoms with Crippen molar-refractivity contribution in [3.8, 4) is 11.5 Å². The standard InChI is InChI=1S/C20H31N3O4/c1-21-9-7-20(8-10-21)14-23(12-11-22(20)2)18(19(24)25)15-5-6-16(26-3)17(13-15)27-4/h5-6,13,18H,7-12,14H2,1-4H3,(H,24,25). The van der Waals surface area contributed by atoms with Crippen molar-refractivity contribution in [2.24, 2.45) is 0 Å². The Labute approximate surface area is 161 Å². The lowest BCUT2D eigenvalue weighted by Crippen LogP contribution is -2.64. The third kappa shape index (κ3) is 3.90. The molecule has 0 saturated carbocycles. The van der Waals surface area contributed by atoms with Crippen molar-refractivity contribution in [2.75, 3.05) is 61.0 Å². The van der Waals surface area contributed by atoms with Gasteiger partial charge in [-0.2, -0.15) is 0 Å². The van der Waals surface area contributed by atoms with Gasteiger partial charge in [0, 0.05) is 25.2 Å². The van der Waals surface area contributed by atoms with Crippen LogP contribution in [0.5, 0.6) is 11.5 Å². The first-order valence-corrected chi connectivity index (χ1v) is 9.49. The number of methoxy groups -OCH3 is 2. The first kappa shape index (κ1) is 19.9. The van der Waals surface area contributed by atoms with Crippen molar-refractivity contribution >= 4 is 5.97 Å². The van der Waals surface area contributed by atoms with Crippen LogP contribution < -0.4 is 9.47 Å². The number of aliphatic carboxylic acids is 1. The second-order valence-electron chi connectivity index (χ2n) is 7.77. The number of carbonyl (C=O) groups is 1. The largest absolute Gasteiger partial charge is 0.493 e. The van der Waals surface area contributed by atoms with Gasteiger partial charge in [-0.25, -0.2) is 0 Å². The Morgan fingerprint density at radius 1 is 1.07 bits per heavy atom. The molecule has 1 unspecified atom stereocenters. The van der Waals surface area contributed by atoms with Crippen LogP contribution in [0.1, 0.15) is 24.4 Å². The van der Waals surface area contributed by atoms with E-state index < -0.39 is 12.0 Å². The van der Waals surface area contributed by atoms with Gasteiger partial charge in [0.1, 0.15) is 6.04 Å². The highest BCUT2D eigenvalue weighted by Gasteiger charge is 2.44. The zero-order chi connectivity index (χ0) is 19.6. The van der Waals surface area contributed by atoms with Crippen molar-refractivity contribution in [3.05, 3.63) is 23.8 Å². The maximum atomic E-state index is 12.2. The quantitative estimate of drug-likeness (QED) is 0.835. The lowest BCUT2D eigenvalue weighted by Gasteiger charge is -2.53. The molecule has 27 heavy (non-hydrogen) atoms. The highest BCUT2D eigenvalue weighted by atomic mass is 16.5. The van der Waals surface area contributed by atoms with Gasteiger partial charge in [0.05, 0.1) is 14.2 Å². The van der Waals surface area contributed by atoms with Crippen LogP contribution >= 0.6 is 0 Å². The molecule has 1 spiro atoms. The van der Waals surface area contributed by atoms with Gasteiger partial charge in [-0.05, 0) is 57.7 Å². The molecule has 0 amide bonds. The fourth-order valence-electron chi connectivity index (χ4n) is 4.42. The number of piperazine rings is 1. The summed E-state index contributed by atoms with van der Waals surface area (Å²) in [5.41, 5.74) is 0.780. The van der Waals surface area contributed by atoms with E-state index in [-0.39, 0.29) is 5.54 Å². The summed E-state index contributed by atoms with van der Waals surface area (Å²) < 4.78 is 10.7. The minimum Gasteiger partial charge on any atom is -0.493 e. The summed E-state index contributed by atoms with van der Waals surface area (Å²) in [6, 6.07) is 4.72. The summed E-state index contributed by atoms with van der Waals surface area (Å²) in [5.74, 6) is 0.342. The molecule has 0 radical (unpaired) electrons. The summed E-state index contributed by atoms with van der Waals surface area (Å²) in [4.78, 5) is 19.1. The zero-order valence-electron chi connectivity index (χ0n) is 16.8. The molecule has 150 valence electrons. The molecule has 2 saturated heterocycles. The van der Waals surface area contributed by atoms with E-state index in [1.165, 1.54) is 0 Å².